The summed E-state index contributed by atoms with van der Waals surface area (Å²) in [6.45, 7) is 2.07. The average molecular weight is 222 g/mol. The van der Waals surface area contributed by atoms with Crippen molar-refractivity contribution in [3.05, 3.63) is 35.6 Å². The maximum atomic E-state index is 12.8. The number of carbonyl (C=O) groups is 2. The highest BCUT2D eigenvalue weighted by Crippen LogP contribution is 2.21. The maximum absolute atomic E-state index is 12.8. The number of rotatable bonds is 1. The normalized spacial score (nSPS) is 24.9. The lowest BCUT2D eigenvalue weighted by Gasteiger charge is -2.34. The molecule has 1 heterocycles. The number of hydrogen-bond acceptors (Lipinski definition) is 2. The summed E-state index contributed by atoms with van der Waals surface area (Å²) < 4.78 is 12.8. The van der Waals surface area contributed by atoms with Crippen LogP contribution in [0.1, 0.15) is 12.5 Å². The SMILES string of the molecule is CC1(c2ccc(F)cc2)CNC(=O)C(=O)N1. The lowest BCUT2D eigenvalue weighted by atomic mass is 9.90. The minimum atomic E-state index is -0.682. The van der Waals surface area contributed by atoms with Gasteiger partial charge in [-0.2, -0.15) is 0 Å². The molecule has 2 amide bonds. The first-order chi connectivity index (χ1) is 7.51. The Kier molecular flexibility index (Phi) is 2.38. The topological polar surface area (TPSA) is 58.2 Å². The maximum Gasteiger partial charge on any atom is 0.310 e. The van der Waals surface area contributed by atoms with Crippen molar-refractivity contribution in [3.63, 3.8) is 0 Å². The Hall–Kier alpha value is -1.91. The summed E-state index contributed by atoms with van der Waals surface area (Å²) in [5.74, 6) is -1.64. The van der Waals surface area contributed by atoms with Crippen molar-refractivity contribution >= 4 is 11.8 Å². The Morgan fingerprint density at radius 1 is 1.19 bits per heavy atom. The van der Waals surface area contributed by atoms with Gasteiger partial charge in [0.25, 0.3) is 0 Å². The van der Waals surface area contributed by atoms with Gasteiger partial charge >= 0.3 is 11.8 Å². The monoisotopic (exact) mass is 222 g/mol. The molecule has 1 atom stereocenters. The number of hydrogen-bond donors (Lipinski definition) is 2. The van der Waals surface area contributed by atoms with Crippen LogP contribution >= 0.6 is 0 Å². The van der Waals surface area contributed by atoms with Crippen LogP contribution in [0.3, 0.4) is 0 Å². The molecule has 1 fully saturated rings. The molecule has 1 aromatic carbocycles. The van der Waals surface area contributed by atoms with Crippen LogP contribution in [0.5, 0.6) is 0 Å². The Morgan fingerprint density at radius 2 is 1.81 bits per heavy atom. The molecule has 0 spiro atoms. The highest BCUT2D eigenvalue weighted by Gasteiger charge is 2.35. The molecule has 1 aromatic rings. The highest BCUT2D eigenvalue weighted by atomic mass is 19.1. The average Bonchev–Trinajstić information content (AvgIpc) is 2.25. The van der Waals surface area contributed by atoms with E-state index in [0.29, 0.717) is 6.54 Å². The molecule has 2 rings (SSSR count). The van der Waals surface area contributed by atoms with E-state index in [-0.39, 0.29) is 5.82 Å². The van der Waals surface area contributed by atoms with Crippen molar-refractivity contribution in [2.75, 3.05) is 6.54 Å². The van der Waals surface area contributed by atoms with Gasteiger partial charge in [-0.15, -0.1) is 0 Å². The summed E-state index contributed by atoms with van der Waals surface area (Å²) in [4.78, 5) is 22.2. The first-order valence-electron chi connectivity index (χ1n) is 4.88. The molecule has 1 unspecified atom stereocenters. The quantitative estimate of drug-likeness (QED) is 0.671. The van der Waals surface area contributed by atoms with Gasteiger partial charge in [0.2, 0.25) is 0 Å². The molecule has 0 saturated carbocycles. The fourth-order valence-corrected chi connectivity index (χ4v) is 1.68. The van der Waals surface area contributed by atoms with Gasteiger partial charge < -0.3 is 10.6 Å². The molecule has 0 aromatic heterocycles. The third-order valence-corrected chi connectivity index (χ3v) is 2.68. The predicted octanol–water partition coefficient (Wildman–Crippen LogP) is 0.287. The van der Waals surface area contributed by atoms with E-state index in [2.05, 4.69) is 10.6 Å². The molecule has 0 aliphatic carbocycles. The van der Waals surface area contributed by atoms with Gasteiger partial charge in [0.15, 0.2) is 0 Å². The van der Waals surface area contributed by atoms with Crippen LogP contribution in [-0.2, 0) is 15.1 Å². The number of halogens is 1. The number of benzene rings is 1. The van der Waals surface area contributed by atoms with E-state index in [0.717, 1.165) is 5.56 Å². The first-order valence-corrected chi connectivity index (χ1v) is 4.88. The second-order valence-electron chi connectivity index (χ2n) is 3.98. The molecule has 16 heavy (non-hydrogen) atoms. The molecule has 4 nitrogen and oxygen atoms in total. The number of nitrogens with one attached hydrogen (secondary N) is 2. The van der Waals surface area contributed by atoms with E-state index < -0.39 is 17.4 Å². The highest BCUT2D eigenvalue weighted by molar-refractivity contribution is 6.35. The zero-order valence-electron chi connectivity index (χ0n) is 8.71. The van der Waals surface area contributed by atoms with Crippen molar-refractivity contribution in [2.24, 2.45) is 0 Å². The third-order valence-electron chi connectivity index (χ3n) is 2.68. The van der Waals surface area contributed by atoms with E-state index in [1.807, 2.05) is 0 Å². The Labute approximate surface area is 91.8 Å². The van der Waals surface area contributed by atoms with Gasteiger partial charge in [0.05, 0.1) is 5.54 Å². The Morgan fingerprint density at radius 3 is 2.38 bits per heavy atom. The third kappa shape index (κ3) is 1.76. The lowest BCUT2D eigenvalue weighted by Crippen LogP contribution is -2.60. The molecule has 1 aliphatic rings. The van der Waals surface area contributed by atoms with Gasteiger partial charge in [-0.1, -0.05) is 12.1 Å². The van der Waals surface area contributed by atoms with Gasteiger partial charge in [-0.05, 0) is 24.6 Å². The molecule has 0 radical (unpaired) electrons. The minimum Gasteiger partial charge on any atom is -0.345 e. The van der Waals surface area contributed by atoms with Crippen LogP contribution in [-0.4, -0.2) is 18.4 Å². The van der Waals surface area contributed by atoms with Crippen LogP contribution in [0.4, 0.5) is 4.39 Å². The van der Waals surface area contributed by atoms with Crippen molar-refractivity contribution < 1.29 is 14.0 Å². The summed E-state index contributed by atoms with van der Waals surface area (Å²) in [5.41, 5.74) is 0.0702. The van der Waals surface area contributed by atoms with Crippen molar-refractivity contribution in [2.45, 2.75) is 12.5 Å². The van der Waals surface area contributed by atoms with Gasteiger partial charge in [0, 0.05) is 6.54 Å². The zero-order chi connectivity index (χ0) is 11.8. The fraction of sp³-hybridized carbons (Fsp3) is 0.273. The van der Waals surface area contributed by atoms with E-state index in [4.69, 9.17) is 0 Å². The molecule has 5 heteroatoms. The largest absolute Gasteiger partial charge is 0.345 e. The van der Waals surface area contributed by atoms with Crippen molar-refractivity contribution in [3.8, 4) is 0 Å². The zero-order valence-corrected chi connectivity index (χ0v) is 8.71. The standard InChI is InChI=1S/C11H11FN2O2/c1-11(6-13-9(15)10(16)14-11)7-2-4-8(12)5-3-7/h2-5H,6H2,1H3,(H,13,15)(H,14,16). The summed E-state index contributed by atoms with van der Waals surface area (Å²) in [6.07, 6.45) is 0. The van der Waals surface area contributed by atoms with E-state index in [1.165, 1.54) is 12.1 Å². The molecule has 0 bridgehead atoms. The number of carbonyl (C=O) groups excluding carboxylic acids is 2. The van der Waals surface area contributed by atoms with Gasteiger partial charge in [-0.25, -0.2) is 4.39 Å². The van der Waals surface area contributed by atoms with Crippen LogP contribution < -0.4 is 10.6 Å². The fourth-order valence-electron chi connectivity index (χ4n) is 1.68. The molecule has 1 saturated heterocycles. The van der Waals surface area contributed by atoms with Crippen LogP contribution in [0.15, 0.2) is 24.3 Å². The molecular formula is C11H11FN2O2. The summed E-state index contributed by atoms with van der Waals surface area (Å²) in [7, 11) is 0. The lowest BCUT2D eigenvalue weighted by molar-refractivity contribution is -0.142. The smallest absolute Gasteiger partial charge is 0.310 e. The van der Waals surface area contributed by atoms with Crippen molar-refractivity contribution in [1.82, 2.24) is 10.6 Å². The van der Waals surface area contributed by atoms with Crippen LogP contribution in [0, 0.1) is 5.82 Å². The second-order valence-corrected chi connectivity index (χ2v) is 3.98. The predicted molar refractivity (Wildman–Crippen MR) is 54.9 cm³/mol. The van der Waals surface area contributed by atoms with E-state index in [1.54, 1.807) is 19.1 Å². The first kappa shape index (κ1) is 10.6. The molecule has 84 valence electrons. The Balaban J connectivity index is 2.29. The van der Waals surface area contributed by atoms with Gasteiger partial charge in [0.1, 0.15) is 5.82 Å². The summed E-state index contributed by atoms with van der Waals surface area (Å²) in [5, 5.41) is 5.10. The minimum absolute atomic E-state index is 0.295. The van der Waals surface area contributed by atoms with Gasteiger partial charge in [-0.3, -0.25) is 9.59 Å². The van der Waals surface area contributed by atoms with Crippen molar-refractivity contribution in [1.29, 1.82) is 0 Å². The second kappa shape index (κ2) is 3.59. The Bertz CT molecular complexity index is 444. The van der Waals surface area contributed by atoms with E-state index >= 15 is 0 Å². The number of amides is 2. The number of piperazine rings is 1. The molecular weight excluding hydrogens is 211 g/mol. The van der Waals surface area contributed by atoms with Crippen LogP contribution in [0.2, 0.25) is 0 Å². The van der Waals surface area contributed by atoms with E-state index in [9.17, 15) is 14.0 Å². The summed E-state index contributed by atoms with van der Waals surface area (Å²) >= 11 is 0. The molecule has 2 N–H and O–H groups in total. The van der Waals surface area contributed by atoms with Crippen LogP contribution in [0.25, 0.3) is 0 Å². The summed E-state index contributed by atoms with van der Waals surface area (Å²) in [6, 6.07) is 5.83. The molecule has 1 aliphatic heterocycles.